The lowest BCUT2D eigenvalue weighted by Crippen LogP contribution is -1.97. The first-order chi connectivity index (χ1) is 8.58. The minimum Gasteiger partial charge on any atom is -0.495 e. The van der Waals surface area contributed by atoms with Crippen molar-refractivity contribution >= 4 is 39.0 Å². The minimum atomic E-state index is 0.411. The molecule has 1 heterocycles. The second-order valence-corrected chi connectivity index (χ2v) is 4.84. The van der Waals surface area contributed by atoms with Crippen molar-refractivity contribution in [3.05, 3.63) is 39.7 Å². The summed E-state index contributed by atoms with van der Waals surface area (Å²) in [6.45, 7) is 1.79. The molecule has 2 aromatic rings. The van der Waals surface area contributed by atoms with Gasteiger partial charge in [-0.25, -0.2) is 9.97 Å². The first-order valence-corrected chi connectivity index (χ1v) is 6.37. The molecule has 18 heavy (non-hydrogen) atoms. The molecule has 0 amide bonds. The Morgan fingerprint density at radius 3 is 2.72 bits per heavy atom. The first kappa shape index (κ1) is 13.1. The molecule has 4 nitrogen and oxygen atoms in total. The molecule has 2 rings (SSSR count). The third-order valence-corrected chi connectivity index (χ3v) is 3.08. The van der Waals surface area contributed by atoms with Crippen molar-refractivity contribution in [2.24, 2.45) is 0 Å². The zero-order valence-corrected chi connectivity index (χ0v) is 12.2. The number of nitrogens with zero attached hydrogens (tertiary/aromatic N) is 2. The Morgan fingerprint density at radius 2 is 2.06 bits per heavy atom. The molecule has 0 spiro atoms. The molecule has 0 atom stereocenters. The molecule has 0 saturated carbocycles. The Bertz CT molecular complexity index is 557. The topological polar surface area (TPSA) is 47.0 Å². The number of nitrogens with one attached hydrogen (secondary N) is 1. The van der Waals surface area contributed by atoms with Crippen LogP contribution in [0.2, 0.25) is 5.15 Å². The molecule has 1 aromatic heterocycles. The molecular formula is C12H11BrClN3O. The predicted molar refractivity (Wildman–Crippen MR) is 75.8 cm³/mol. The van der Waals surface area contributed by atoms with Crippen LogP contribution in [0, 0.1) is 6.92 Å². The van der Waals surface area contributed by atoms with E-state index in [-0.39, 0.29) is 0 Å². The molecule has 6 heteroatoms. The summed E-state index contributed by atoms with van der Waals surface area (Å²) in [6.07, 6.45) is 0. The largest absolute Gasteiger partial charge is 0.495 e. The van der Waals surface area contributed by atoms with Gasteiger partial charge in [0.2, 0.25) is 0 Å². The number of hydrogen-bond acceptors (Lipinski definition) is 4. The van der Waals surface area contributed by atoms with E-state index in [1.165, 1.54) is 0 Å². The lowest BCUT2D eigenvalue weighted by molar-refractivity contribution is 0.412. The molecule has 1 N–H and O–H groups in total. The number of ether oxygens (including phenoxy) is 1. The lowest BCUT2D eigenvalue weighted by atomic mass is 10.3. The van der Waals surface area contributed by atoms with Gasteiger partial charge in [0.15, 0.2) is 0 Å². The van der Waals surface area contributed by atoms with E-state index in [9.17, 15) is 0 Å². The van der Waals surface area contributed by atoms with Crippen molar-refractivity contribution in [1.82, 2.24) is 9.97 Å². The van der Waals surface area contributed by atoms with E-state index in [4.69, 9.17) is 16.3 Å². The highest BCUT2D eigenvalue weighted by Gasteiger charge is 2.04. The lowest BCUT2D eigenvalue weighted by Gasteiger charge is -2.09. The third-order valence-electron chi connectivity index (χ3n) is 2.23. The Kier molecular flexibility index (Phi) is 4.04. The van der Waals surface area contributed by atoms with Gasteiger partial charge in [-0.05, 0) is 35.0 Å². The molecule has 1 aromatic carbocycles. The summed E-state index contributed by atoms with van der Waals surface area (Å²) in [5, 5.41) is 3.56. The Labute approximate surface area is 118 Å². The van der Waals surface area contributed by atoms with E-state index >= 15 is 0 Å². The minimum absolute atomic E-state index is 0.411. The van der Waals surface area contributed by atoms with Gasteiger partial charge in [-0.2, -0.15) is 0 Å². The van der Waals surface area contributed by atoms with Crippen molar-refractivity contribution in [2.45, 2.75) is 6.92 Å². The van der Waals surface area contributed by atoms with E-state index in [1.54, 1.807) is 20.1 Å². The van der Waals surface area contributed by atoms with Gasteiger partial charge < -0.3 is 10.1 Å². The maximum Gasteiger partial charge on any atom is 0.135 e. The summed E-state index contributed by atoms with van der Waals surface area (Å²) in [5.74, 6) is 2.02. The zero-order valence-electron chi connectivity index (χ0n) is 9.87. The summed E-state index contributed by atoms with van der Waals surface area (Å²) < 4.78 is 6.12. The van der Waals surface area contributed by atoms with Crippen LogP contribution in [0.4, 0.5) is 11.5 Å². The number of halogens is 2. The van der Waals surface area contributed by atoms with Gasteiger partial charge in [-0.15, -0.1) is 0 Å². The highest BCUT2D eigenvalue weighted by Crippen LogP contribution is 2.29. The normalized spacial score (nSPS) is 10.2. The zero-order chi connectivity index (χ0) is 13.1. The standard InChI is InChI=1S/C12H11BrClN3O/c1-7-15-11(14)6-12(16-7)17-8-3-4-9(13)10(5-8)18-2/h3-6H,1-2H3,(H,15,16,17). The van der Waals surface area contributed by atoms with Gasteiger partial charge in [0.1, 0.15) is 22.5 Å². The molecule has 0 bridgehead atoms. The molecule has 0 fully saturated rings. The highest BCUT2D eigenvalue weighted by atomic mass is 79.9. The van der Waals surface area contributed by atoms with Crippen molar-refractivity contribution < 1.29 is 4.74 Å². The maximum atomic E-state index is 5.88. The Hall–Kier alpha value is -1.33. The van der Waals surface area contributed by atoms with Gasteiger partial charge in [0, 0.05) is 17.8 Å². The van der Waals surface area contributed by atoms with E-state index < -0.39 is 0 Å². The summed E-state index contributed by atoms with van der Waals surface area (Å²) in [5.41, 5.74) is 0.865. The van der Waals surface area contributed by atoms with E-state index in [0.717, 1.165) is 15.9 Å². The number of rotatable bonds is 3. The van der Waals surface area contributed by atoms with Crippen molar-refractivity contribution in [2.75, 3.05) is 12.4 Å². The number of hydrogen-bond donors (Lipinski definition) is 1. The summed E-state index contributed by atoms with van der Waals surface area (Å²) in [4.78, 5) is 8.25. The van der Waals surface area contributed by atoms with Crippen LogP contribution in [0.25, 0.3) is 0 Å². The average molecular weight is 329 g/mol. The summed E-state index contributed by atoms with van der Waals surface area (Å²) in [7, 11) is 1.62. The van der Waals surface area contributed by atoms with Crippen molar-refractivity contribution in [1.29, 1.82) is 0 Å². The summed E-state index contributed by atoms with van der Waals surface area (Å²) >= 11 is 9.28. The first-order valence-electron chi connectivity index (χ1n) is 5.20. The third kappa shape index (κ3) is 3.11. The second-order valence-electron chi connectivity index (χ2n) is 3.60. The average Bonchev–Trinajstić information content (AvgIpc) is 2.30. The monoisotopic (exact) mass is 327 g/mol. The molecule has 0 aliphatic carbocycles. The van der Waals surface area contributed by atoms with E-state index in [0.29, 0.717) is 16.8 Å². The molecule has 0 radical (unpaired) electrons. The second kappa shape index (κ2) is 5.54. The van der Waals surface area contributed by atoms with Crippen LogP contribution in [0.15, 0.2) is 28.7 Å². The van der Waals surface area contributed by atoms with Crippen LogP contribution in [0.3, 0.4) is 0 Å². The molecule has 0 unspecified atom stereocenters. The van der Waals surface area contributed by atoms with Crippen LogP contribution < -0.4 is 10.1 Å². The smallest absolute Gasteiger partial charge is 0.135 e. The van der Waals surface area contributed by atoms with Crippen LogP contribution in [-0.2, 0) is 0 Å². The highest BCUT2D eigenvalue weighted by molar-refractivity contribution is 9.10. The van der Waals surface area contributed by atoms with Gasteiger partial charge in [-0.3, -0.25) is 0 Å². The summed E-state index contributed by atoms with van der Waals surface area (Å²) in [6, 6.07) is 7.35. The van der Waals surface area contributed by atoms with Gasteiger partial charge >= 0.3 is 0 Å². The quantitative estimate of drug-likeness (QED) is 0.867. The van der Waals surface area contributed by atoms with Gasteiger partial charge in [0.25, 0.3) is 0 Å². The molecule has 0 aliphatic rings. The molecule has 94 valence electrons. The fourth-order valence-electron chi connectivity index (χ4n) is 1.48. The number of benzene rings is 1. The number of methoxy groups -OCH3 is 1. The van der Waals surface area contributed by atoms with Crippen LogP contribution in [-0.4, -0.2) is 17.1 Å². The fourth-order valence-corrected chi connectivity index (χ4v) is 2.11. The van der Waals surface area contributed by atoms with Crippen molar-refractivity contribution in [3.63, 3.8) is 0 Å². The number of anilines is 2. The molecule has 0 saturated heterocycles. The number of aromatic nitrogens is 2. The Balaban J connectivity index is 2.28. The van der Waals surface area contributed by atoms with E-state index in [2.05, 4.69) is 31.2 Å². The fraction of sp³-hybridized carbons (Fsp3) is 0.167. The van der Waals surface area contributed by atoms with Crippen LogP contribution in [0.5, 0.6) is 5.75 Å². The number of aryl methyl sites for hydroxylation is 1. The van der Waals surface area contributed by atoms with E-state index in [1.807, 2.05) is 18.2 Å². The van der Waals surface area contributed by atoms with Crippen molar-refractivity contribution in [3.8, 4) is 5.75 Å². The maximum absolute atomic E-state index is 5.88. The molecular weight excluding hydrogens is 318 g/mol. The SMILES string of the molecule is COc1cc(Nc2cc(Cl)nc(C)n2)ccc1Br. The Morgan fingerprint density at radius 1 is 1.28 bits per heavy atom. The van der Waals surface area contributed by atoms with Crippen LogP contribution in [0.1, 0.15) is 5.82 Å². The molecule has 0 aliphatic heterocycles. The van der Waals surface area contributed by atoms with Crippen LogP contribution >= 0.6 is 27.5 Å². The van der Waals surface area contributed by atoms with Gasteiger partial charge in [-0.1, -0.05) is 11.6 Å². The predicted octanol–water partition coefficient (Wildman–Crippen LogP) is 3.95. The van der Waals surface area contributed by atoms with Gasteiger partial charge in [0.05, 0.1) is 11.6 Å².